The van der Waals surface area contributed by atoms with E-state index in [1.54, 1.807) is 31.4 Å². The maximum Gasteiger partial charge on any atom is 0.354 e. The molecule has 0 aliphatic rings. The summed E-state index contributed by atoms with van der Waals surface area (Å²) < 4.78 is 21.1. The second-order valence-electron chi connectivity index (χ2n) is 6.08. The van der Waals surface area contributed by atoms with Gasteiger partial charge in [-0.3, -0.25) is 0 Å². The van der Waals surface area contributed by atoms with Gasteiger partial charge in [-0.15, -0.1) is 0 Å². The van der Waals surface area contributed by atoms with Gasteiger partial charge in [0.15, 0.2) is 0 Å². The quantitative estimate of drug-likeness (QED) is 0.385. The number of ether oxygens (including phenoxy) is 4. The number of rotatable bonds is 12. The number of methoxy groups -OCH3 is 1. The van der Waals surface area contributed by atoms with E-state index in [0.29, 0.717) is 51.0 Å². The molecule has 0 spiro atoms. The van der Waals surface area contributed by atoms with Crippen molar-refractivity contribution in [1.82, 2.24) is 4.98 Å². The highest BCUT2D eigenvalue weighted by molar-refractivity contribution is 5.90. The fourth-order valence-electron chi connectivity index (χ4n) is 2.28. The van der Waals surface area contributed by atoms with E-state index in [0.717, 1.165) is 0 Å². The minimum absolute atomic E-state index is 0.244. The molecule has 0 saturated heterocycles. The zero-order valence-electron chi connectivity index (χ0n) is 17.0. The number of benzene rings is 1. The first-order valence-corrected chi connectivity index (χ1v) is 9.37. The molecule has 0 saturated carbocycles. The number of pyridine rings is 1. The molecule has 1 aromatic carbocycles. The van der Waals surface area contributed by atoms with Crippen LogP contribution in [-0.2, 0) is 14.2 Å². The number of aromatic carboxylic acids is 2. The van der Waals surface area contributed by atoms with Crippen LogP contribution >= 0.6 is 0 Å². The highest BCUT2D eigenvalue weighted by atomic mass is 16.6. The van der Waals surface area contributed by atoms with Gasteiger partial charge < -0.3 is 29.2 Å². The Bertz CT molecular complexity index is 899. The number of carboxylic acid groups (broad SMARTS) is 2. The van der Waals surface area contributed by atoms with Crippen molar-refractivity contribution in [3.63, 3.8) is 0 Å². The summed E-state index contributed by atoms with van der Waals surface area (Å²) in [5.74, 6) is 3.62. The van der Waals surface area contributed by atoms with Crippen LogP contribution in [0.15, 0.2) is 36.4 Å². The SMILES string of the molecule is COCCOCCOCCOc1ccc(C#Cc2cc(C(=O)O)nc(C(=O)O)c2)cc1. The first-order valence-electron chi connectivity index (χ1n) is 9.37. The molecule has 0 aliphatic heterocycles. The van der Waals surface area contributed by atoms with Gasteiger partial charge in [-0.25, -0.2) is 14.6 Å². The van der Waals surface area contributed by atoms with Gasteiger partial charge in [0, 0.05) is 18.2 Å². The third-order valence-corrected chi connectivity index (χ3v) is 3.77. The van der Waals surface area contributed by atoms with Crippen LogP contribution in [-0.4, -0.2) is 73.9 Å². The summed E-state index contributed by atoms with van der Waals surface area (Å²) in [5, 5.41) is 18.1. The normalized spacial score (nSPS) is 10.2. The molecule has 0 amide bonds. The Morgan fingerprint density at radius 3 is 1.87 bits per heavy atom. The Morgan fingerprint density at radius 2 is 1.32 bits per heavy atom. The van der Waals surface area contributed by atoms with Gasteiger partial charge >= 0.3 is 11.9 Å². The van der Waals surface area contributed by atoms with Gasteiger partial charge in [-0.05, 0) is 36.4 Å². The van der Waals surface area contributed by atoms with Crippen molar-refractivity contribution < 1.29 is 38.7 Å². The summed E-state index contributed by atoms with van der Waals surface area (Å²) in [6, 6.07) is 9.42. The van der Waals surface area contributed by atoms with Crippen LogP contribution in [0.3, 0.4) is 0 Å². The number of carbonyl (C=O) groups is 2. The summed E-state index contributed by atoms with van der Waals surface area (Å²) >= 11 is 0. The predicted molar refractivity (Wildman–Crippen MR) is 110 cm³/mol. The van der Waals surface area contributed by atoms with E-state index in [2.05, 4.69) is 16.8 Å². The van der Waals surface area contributed by atoms with Gasteiger partial charge in [0.2, 0.25) is 0 Å². The average Bonchev–Trinajstić information content (AvgIpc) is 2.77. The van der Waals surface area contributed by atoms with E-state index in [1.807, 2.05) is 0 Å². The maximum atomic E-state index is 11.1. The molecule has 164 valence electrons. The lowest BCUT2D eigenvalue weighted by molar-refractivity contribution is 0.0180. The molecule has 2 N–H and O–H groups in total. The third kappa shape index (κ3) is 8.84. The van der Waals surface area contributed by atoms with Crippen molar-refractivity contribution in [2.45, 2.75) is 0 Å². The summed E-state index contributed by atoms with van der Waals surface area (Å²) in [5.41, 5.74) is 0.143. The van der Waals surface area contributed by atoms with Gasteiger partial charge in [-0.2, -0.15) is 0 Å². The largest absolute Gasteiger partial charge is 0.491 e. The molecular formula is C22H23NO8. The van der Waals surface area contributed by atoms with Crippen LogP contribution in [0.25, 0.3) is 0 Å². The number of carboxylic acids is 2. The Kier molecular flexibility index (Phi) is 9.97. The molecule has 9 nitrogen and oxygen atoms in total. The fourth-order valence-corrected chi connectivity index (χ4v) is 2.28. The van der Waals surface area contributed by atoms with E-state index in [-0.39, 0.29) is 17.0 Å². The predicted octanol–water partition coefficient (Wildman–Crippen LogP) is 1.94. The molecular weight excluding hydrogens is 406 g/mol. The van der Waals surface area contributed by atoms with Crippen LogP contribution < -0.4 is 4.74 Å². The van der Waals surface area contributed by atoms with Crippen molar-refractivity contribution in [1.29, 1.82) is 0 Å². The highest BCUT2D eigenvalue weighted by Gasteiger charge is 2.12. The zero-order valence-corrected chi connectivity index (χ0v) is 17.0. The molecule has 31 heavy (non-hydrogen) atoms. The number of hydrogen-bond acceptors (Lipinski definition) is 7. The Morgan fingerprint density at radius 1 is 0.806 bits per heavy atom. The van der Waals surface area contributed by atoms with Gasteiger partial charge in [0.05, 0.1) is 33.0 Å². The van der Waals surface area contributed by atoms with E-state index in [4.69, 9.17) is 29.2 Å². The van der Waals surface area contributed by atoms with Gasteiger partial charge in [-0.1, -0.05) is 11.8 Å². The van der Waals surface area contributed by atoms with Crippen LogP contribution in [0, 0.1) is 11.8 Å². The maximum absolute atomic E-state index is 11.1. The van der Waals surface area contributed by atoms with Crippen molar-refractivity contribution >= 4 is 11.9 Å². The fraction of sp³-hybridized carbons (Fsp3) is 0.318. The van der Waals surface area contributed by atoms with Crippen LogP contribution in [0.2, 0.25) is 0 Å². The minimum atomic E-state index is -1.32. The standard InChI is InChI=1S/C22H23NO8/c1-28-8-9-29-10-11-30-12-13-31-18-6-4-16(5-7-18)2-3-17-14-19(21(24)25)23-20(15-17)22(26)27/h4-7,14-15H,8-13H2,1H3,(H,24,25)(H,26,27). The van der Waals surface area contributed by atoms with Crippen LogP contribution in [0.4, 0.5) is 0 Å². The number of aromatic nitrogens is 1. The van der Waals surface area contributed by atoms with Crippen molar-refractivity contribution in [3.05, 3.63) is 58.9 Å². The first-order chi connectivity index (χ1) is 15.0. The molecule has 0 atom stereocenters. The van der Waals surface area contributed by atoms with Crippen LogP contribution in [0.5, 0.6) is 5.75 Å². The zero-order chi connectivity index (χ0) is 22.5. The molecule has 2 aromatic rings. The Balaban J connectivity index is 1.84. The molecule has 1 aromatic heterocycles. The first kappa shape index (κ1) is 23.8. The molecule has 0 radical (unpaired) electrons. The summed E-state index contributed by atoms with van der Waals surface area (Å²) in [6.07, 6.45) is 0. The van der Waals surface area contributed by atoms with Crippen LogP contribution in [0.1, 0.15) is 32.1 Å². The Hall–Kier alpha value is -3.45. The lowest BCUT2D eigenvalue weighted by Gasteiger charge is -2.07. The molecule has 0 aliphatic carbocycles. The monoisotopic (exact) mass is 429 g/mol. The van der Waals surface area contributed by atoms with E-state index in [1.165, 1.54) is 12.1 Å². The summed E-state index contributed by atoms with van der Waals surface area (Å²) in [6.45, 7) is 2.87. The average molecular weight is 429 g/mol. The molecule has 9 heteroatoms. The van der Waals surface area contributed by atoms with Crippen molar-refractivity contribution in [2.24, 2.45) is 0 Å². The number of hydrogen-bond donors (Lipinski definition) is 2. The third-order valence-electron chi connectivity index (χ3n) is 3.77. The number of nitrogens with zero attached hydrogens (tertiary/aromatic N) is 1. The summed E-state index contributed by atoms with van der Waals surface area (Å²) in [7, 11) is 1.62. The lowest BCUT2D eigenvalue weighted by atomic mass is 10.1. The van der Waals surface area contributed by atoms with Gasteiger partial charge in [0.25, 0.3) is 0 Å². The van der Waals surface area contributed by atoms with Crippen molar-refractivity contribution in [2.75, 3.05) is 46.8 Å². The van der Waals surface area contributed by atoms with E-state index in [9.17, 15) is 9.59 Å². The topological polar surface area (TPSA) is 124 Å². The molecule has 0 fully saturated rings. The Labute approximate surface area is 179 Å². The smallest absolute Gasteiger partial charge is 0.354 e. The second-order valence-corrected chi connectivity index (χ2v) is 6.08. The van der Waals surface area contributed by atoms with E-state index >= 15 is 0 Å². The minimum Gasteiger partial charge on any atom is -0.491 e. The van der Waals surface area contributed by atoms with Crippen molar-refractivity contribution in [3.8, 4) is 17.6 Å². The lowest BCUT2D eigenvalue weighted by Crippen LogP contribution is -2.12. The van der Waals surface area contributed by atoms with E-state index < -0.39 is 11.9 Å². The van der Waals surface area contributed by atoms with Gasteiger partial charge in [0.1, 0.15) is 23.7 Å². The molecule has 2 rings (SSSR count). The summed E-state index contributed by atoms with van der Waals surface area (Å²) in [4.78, 5) is 25.8. The molecule has 0 unspecified atom stereocenters. The second kappa shape index (κ2) is 13.0. The molecule has 1 heterocycles. The highest BCUT2D eigenvalue weighted by Crippen LogP contribution is 2.12. The molecule has 0 bridgehead atoms.